The summed E-state index contributed by atoms with van der Waals surface area (Å²) in [6.45, 7) is 0. The van der Waals surface area contributed by atoms with E-state index in [2.05, 4.69) is 5.32 Å². The van der Waals surface area contributed by atoms with Gasteiger partial charge in [0.2, 0.25) is 0 Å². The summed E-state index contributed by atoms with van der Waals surface area (Å²) in [6.07, 6.45) is 0. The number of hydrogen-bond donors (Lipinski definition) is 2. The molecule has 1 aromatic heterocycles. The fraction of sp³-hybridized carbons (Fsp3) is 0.0588. The molecule has 1 amide bonds. The van der Waals surface area contributed by atoms with Gasteiger partial charge < -0.3 is 15.0 Å². The first kappa shape index (κ1) is 13.8. The van der Waals surface area contributed by atoms with E-state index in [1.807, 2.05) is 0 Å². The maximum Gasteiger partial charge on any atom is 0.267 e. The molecule has 6 heteroatoms. The number of amides is 1. The van der Waals surface area contributed by atoms with Gasteiger partial charge in [-0.2, -0.15) is 0 Å². The summed E-state index contributed by atoms with van der Waals surface area (Å²) < 4.78 is 9.01. The van der Waals surface area contributed by atoms with E-state index < -0.39 is 22.8 Å². The van der Waals surface area contributed by atoms with Crippen molar-refractivity contribution in [1.29, 1.82) is 0 Å². The maximum absolute atomic E-state index is 12.5. The first-order valence-corrected chi connectivity index (χ1v) is 7.16. The Balaban J connectivity index is 2.20. The Morgan fingerprint density at radius 3 is 2.78 bits per heavy atom. The molecule has 0 saturated carbocycles. The van der Waals surface area contributed by atoms with E-state index in [4.69, 9.17) is 13.0 Å². The predicted octanol–water partition coefficient (Wildman–Crippen LogP) is 3.15. The van der Waals surface area contributed by atoms with Gasteiger partial charge >= 0.3 is 0 Å². The van der Waals surface area contributed by atoms with Crippen LogP contribution in [0.1, 0.15) is 11.7 Å². The van der Waals surface area contributed by atoms with Gasteiger partial charge in [-0.15, -0.1) is 0 Å². The van der Waals surface area contributed by atoms with Crippen LogP contribution in [0.2, 0.25) is 5.02 Å². The highest BCUT2D eigenvalue weighted by atomic mass is 35.5. The normalized spacial score (nSPS) is 11.3. The van der Waals surface area contributed by atoms with Crippen LogP contribution < -0.4 is 10.9 Å². The summed E-state index contributed by atoms with van der Waals surface area (Å²) in [5.74, 6) is -1.27. The Labute approximate surface area is 138 Å². The first-order chi connectivity index (χ1) is 11.4. The number of nitrogens with zero attached hydrogens (tertiary/aromatic N) is 1. The fourth-order valence-corrected chi connectivity index (χ4v) is 2.65. The molecule has 0 aliphatic carbocycles. The van der Waals surface area contributed by atoms with Crippen molar-refractivity contribution >= 4 is 34.1 Å². The van der Waals surface area contributed by atoms with Crippen molar-refractivity contribution in [2.45, 2.75) is 0 Å². The lowest BCUT2D eigenvalue weighted by Gasteiger charge is -2.12. The van der Waals surface area contributed by atoms with Gasteiger partial charge in [0, 0.05) is 12.7 Å². The summed E-state index contributed by atoms with van der Waals surface area (Å²) in [4.78, 5) is 25.0. The molecule has 3 rings (SSSR count). The number of fused-ring (bicyclic) bond motifs is 1. The van der Waals surface area contributed by atoms with Gasteiger partial charge in [0.1, 0.15) is 11.3 Å². The van der Waals surface area contributed by atoms with Crippen LogP contribution in [0, 0.1) is 0 Å². The summed E-state index contributed by atoms with van der Waals surface area (Å²) in [5.41, 5.74) is -0.408. The quantitative estimate of drug-likeness (QED) is 0.758. The SMILES string of the molecule is [2H]c1ccccc1NC(=O)c1c(O)c2c(Cl)cccc2n(C)c1=O. The van der Waals surface area contributed by atoms with Gasteiger partial charge in [0.25, 0.3) is 11.5 Å². The number of benzene rings is 2. The number of para-hydroxylation sites is 1. The van der Waals surface area contributed by atoms with Crippen molar-refractivity contribution in [1.82, 2.24) is 4.57 Å². The number of aromatic hydroxyl groups is 1. The third kappa shape index (κ3) is 2.55. The van der Waals surface area contributed by atoms with Gasteiger partial charge in [-0.3, -0.25) is 9.59 Å². The van der Waals surface area contributed by atoms with Crippen LogP contribution in [0.25, 0.3) is 10.9 Å². The van der Waals surface area contributed by atoms with Crippen molar-refractivity contribution in [2.75, 3.05) is 5.32 Å². The minimum atomic E-state index is -0.797. The summed E-state index contributed by atoms with van der Waals surface area (Å²) in [7, 11) is 1.50. The lowest BCUT2D eigenvalue weighted by Crippen LogP contribution is -2.28. The third-order valence-electron chi connectivity index (χ3n) is 3.53. The van der Waals surface area contributed by atoms with E-state index in [0.29, 0.717) is 5.52 Å². The zero-order chi connectivity index (χ0) is 17.4. The van der Waals surface area contributed by atoms with Gasteiger partial charge in [0.15, 0.2) is 0 Å². The van der Waals surface area contributed by atoms with Crippen molar-refractivity contribution in [3.8, 4) is 5.75 Å². The number of nitrogens with one attached hydrogen (secondary N) is 1. The molecule has 5 nitrogen and oxygen atoms in total. The fourth-order valence-electron chi connectivity index (χ4n) is 2.39. The molecule has 2 N–H and O–H groups in total. The standard InChI is InChI=1S/C17H13ClN2O3/c1-20-12-9-5-8-11(18)13(12)15(21)14(17(20)23)16(22)19-10-6-3-2-4-7-10/h2-9,21H,1H3,(H,19,22)/i6D. The molecular weight excluding hydrogens is 316 g/mol. The van der Waals surface area contributed by atoms with Gasteiger partial charge in [0.05, 0.1) is 17.3 Å². The summed E-state index contributed by atoms with van der Waals surface area (Å²) in [6, 6.07) is 11.3. The molecule has 0 radical (unpaired) electrons. The van der Waals surface area contributed by atoms with Crippen molar-refractivity contribution < 1.29 is 11.3 Å². The number of hydrogen-bond acceptors (Lipinski definition) is 3. The molecule has 0 fully saturated rings. The van der Waals surface area contributed by atoms with Crippen LogP contribution in [-0.2, 0) is 7.05 Å². The van der Waals surface area contributed by atoms with Gasteiger partial charge in [-0.05, 0) is 24.2 Å². The second kappa shape index (κ2) is 5.78. The average molecular weight is 330 g/mol. The van der Waals surface area contributed by atoms with Crippen molar-refractivity contribution in [3.63, 3.8) is 0 Å². The second-order valence-corrected chi connectivity index (χ2v) is 5.36. The molecule has 0 aliphatic heterocycles. The van der Waals surface area contributed by atoms with E-state index in [9.17, 15) is 14.7 Å². The van der Waals surface area contributed by atoms with Crippen LogP contribution >= 0.6 is 11.6 Å². The van der Waals surface area contributed by atoms with E-state index in [1.165, 1.54) is 23.7 Å². The highest BCUT2D eigenvalue weighted by molar-refractivity contribution is 6.36. The molecule has 3 aromatic rings. The van der Waals surface area contributed by atoms with Crippen molar-refractivity contribution in [2.24, 2.45) is 7.05 Å². The highest BCUT2D eigenvalue weighted by Gasteiger charge is 2.22. The first-order valence-electron chi connectivity index (χ1n) is 7.29. The second-order valence-electron chi connectivity index (χ2n) is 4.95. The molecule has 0 aliphatic rings. The number of aromatic nitrogens is 1. The molecule has 0 saturated heterocycles. The van der Waals surface area contributed by atoms with Crippen LogP contribution in [-0.4, -0.2) is 15.6 Å². The topological polar surface area (TPSA) is 71.3 Å². The molecule has 0 spiro atoms. The Hall–Kier alpha value is -2.79. The zero-order valence-electron chi connectivity index (χ0n) is 13.1. The van der Waals surface area contributed by atoms with Crippen molar-refractivity contribution in [3.05, 3.63) is 69.4 Å². The molecule has 1 heterocycles. The van der Waals surface area contributed by atoms with Crippen LogP contribution in [0.5, 0.6) is 5.75 Å². The number of aryl methyl sites for hydroxylation is 1. The lowest BCUT2D eigenvalue weighted by atomic mass is 10.1. The molecule has 0 unspecified atom stereocenters. The van der Waals surface area contributed by atoms with Crippen LogP contribution in [0.3, 0.4) is 0 Å². The van der Waals surface area contributed by atoms with E-state index in [-0.39, 0.29) is 22.1 Å². The maximum atomic E-state index is 12.5. The lowest BCUT2D eigenvalue weighted by molar-refractivity contribution is 0.102. The minimum absolute atomic E-state index is 0.0981. The molecule has 23 heavy (non-hydrogen) atoms. The molecule has 0 bridgehead atoms. The number of carbonyl (C=O) groups excluding carboxylic acids is 1. The zero-order valence-corrected chi connectivity index (χ0v) is 12.9. The largest absolute Gasteiger partial charge is 0.506 e. The number of carbonyl (C=O) groups is 1. The molecule has 2 aromatic carbocycles. The number of anilines is 1. The number of pyridine rings is 1. The molecule has 0 atom stereocenters. The average Bonchev–Trinajstić information content (AvgIpc) is 2.55. The van der Waals surface area contributed by atoms with Gasteiger partial charge in [-0.25, -0.2) is 0 Å². The van der Waals surface area contributed by atoms with Crippen LogP contribution in [0.15, 0.2) is 53.3 Å². The minimum Gasteiger partial charge on any atom is -0.506 e. The highest BCUT2D eigenvalue weighted by Crippen LogP contribution is 2.32. The predicted molar refractivity (Wildman–Crippen MR) is 90.3 cm³/mol. The number of rotatable bonds is 2. The Morgan fingerprint density at radius 2 is 2.04 bits per heavy atom. The van der Waals surface area contributed by atoms with E-state index >= 15 is 0 Å². The summed E-state index contributed by atoms with van der Waals surface area (Å²) >= 11 is 6.11. The van der Waals surface area contributed by atoms with Crippen LogP contribution in [0.4, 0.5) is 5.69 Å². The summed E-state index contributed by atoms with van der Waals surface area (Å²) in [5, 5.41) is 13.4. The van der Waals surface area contributed by atoms with E-state index in [1.54, 1.807) is 30.3 Å². The number of halogens is 1. The Kier molecular flexibility index (Phi) is 3.48. The molecular formula is C17H13ClN2O3. The monoisotopic (exact) mass is 329 g/mol. The smallest absolute Gasteiger partial charge is 0.267 e. The van der Waals surface area contributed by atoms with E-state index in [0.717, 1.165) is 0 Å². The third-order valence-corrected chi connectivity index (χ3v) is 3.84. The van der Waals surface area contributed by atoms with Gasteiger partial charge in [-0.1, -0.05) is 35.9 Å². The molecule has 116 valence electrons. The Bertz CT molecular complexity index is 1030. The Morgan fingerprint density at radius 1 is 1.26 bits per heavy atom.